The van der Waals surface area contributed by atoms with Crippen LogP contribution in [0.5, 0.6) is 0 Å². The molecule has 0 aliphatic carbocycles. The van der Waals surface area contributed by atoms with Crippen LogP contribution in [0.25, 0.3) is 0 Å². The molecule has 3 atom stereocenters. The first kappa shape index (κ1) is 13.8. The van der Waals surface area contributed by atoms with Crippen LogP contribution >= 0.6 is 18.8 Å². The molecule has 0 saturated carbocycles. The van der Waals surface area contributed by atoms with Gasteiger partial charge in [0, 0.05) is 11.6 Å². The second-order valence-electron chi connectivity index (χ2n) is 5.17. The molecule has 0 saturated heterocycles. The lowest BCUT2D eigenvalue weighted by molar-refractivity contribution is 0.181. The molecule has 0 heterocycles. The van der Waals surface area contributed by atoms with E-state index in [4.69, 9.17) is 5.73 Å². The molecule has 0 spiro atoms. The van der Waals surface area contributed by atoms with Crippen LogP contribution in [0.2, 0.25) is 0 Å². The number of hydrogen-bond acceptors (Lipinski definition) is 2. The van der Waals surface area contributed by atoms with Crippen LogP contribution in [-0.4, -0.2) is 16.0 Å². The van der Waals surface area contributed by atoms with Crippen molar-refractivity contribution in [3.63, 3.8) is 0 Å². The molecule has 0 aromatic carbocycles. The van der Waals surface area contributed by atoms with E-state index in [9.17, 15) is 0 Å². The van der Waals surface area contributed by atoms with Crippen molar-refractivity contribution in [1.82, 2.24) is 4.44 Å². The minimum atomic E-state index is 0.145. The molecule has 3 unspecified atom stereocenters. The molecule has 0 aromatic rings. The van der Waals surface area contributed by atoms with Crippen LogP contribution in [0.1, 0.15) is 41.0 Å². The van der Waals surface area contributed by atoms with Gasteiger partial charge in [-0.2, -0.15) is 0 Å². The van der Waals surface area contributed by atoms with Gasteiger partial charge in [-0.15, -0.1) is 0 Å². The monoisotopic (exact) mass is 222 g/mol. The van der Waals surface area contributed by atoms with Gasteiger partial charge >= 0.3 is 0 Å². The van der Waals surface area contributed by atoms with Gasteiger partial charge in [0.15, 0.2) is 0 Å². The Hall–Kier alpha value is 0.780. The van der Waals surface area contributed by atoms with E-state index < -0.39 is 0 Å². The molecule has 80 valence electrons. The summed E-state index contributed by atoms with van der Waals surface area (Å²) in [6.07, 6.45) is 1.07. The summed E-state index contributed by atoms with van der Waals surface area (Å²) in [4.78, 5) is 0. The highest BCUT2D eigenvalue weighted by molar-refractivity contribution is 7.31. The van der Waals surface area contributed by atoms with Crippen molar-refractivity contribution in [3.8, 4) is 0 Å². The summed E-state index contributed by atoms with van der Waals surface area (Å²) < 4.78 is 2.09. The standard InChI is InChI=1S/C9H24N2P2/c1-7(10)8(2,3)6-9(4,5)11(12)13/h7H,6,10,12-13H2,1-5H3. The van der Waals surface area contributed by atoms with Crippen LogP contribution in [0.4, 0.5) is 0 Å². The molecule has 13 heavy (non-hydrogen) atoms. The van der Waals surface area contributed by atoms with Gasteiger partial charge in [0.2, 0.25) is 0 Å². The summed E-state index contributed by atoms with van der Waals surface area (Å²) in [6, 6.07) is 0.224. The molecule has 0 amide bonds. The maximum atomic E-state index is 5.95. The predicted octanol–water partition coefficient (Wildman–Crippen LogP) is 2.41. The van der Waals surface area contributed by atoms with Crippen LogP contribution in [-0.2, 0) is 0 Å². The normalized spacial score (nSPS) is 16.4. The fourth-order valence-corrected chi connectivity index (χ4v) is 1.55. The highest BCUT2D eigenvalue weighted by Gasteiger charge is 2.32. The summed E-state index contributed by atoms with van der Waals surface area (Å²) in [5.74, 6) is 0. The molecule has 4 heteroatoms. The van der Waals surface area contributed by atoms with E-state index in [1.165, 1.54) is 0 Å². The van der Waals surface area contributed by atoms with Crippen LogP contribution in [0, 0.1) is 5.41 Å². The quantitative estimate of drug-likeness (QED) is 0.740. The minimum absolute atomic E-state index is 0.145. The third-order valence-corrected chi connectivity index (χ3v) is 4.22. The Morgan fingerprint density at radius 3 is 1.85 bits per heavy atom. The van der Waals surface area contributed by atoms with Crippen molar-refractivity contribution in [2.24, 2.45) is 11.1 Å². The SMILES string of the molecule is CC(N)C(C)(C)CC(C)(C)N(P)P. The average molecular weight is 222 g/mol. The number of nitrogens with zero attached hydrogens (tertiary/aromatic N) is 1. The summed E-state index contributed by atoms with van der Waals surface area (Å²) in [6.45, 7) is 11.0. The fraction of sp³-hybridized carbons (Fsp3) is 1.00. The molecule has 0 bridgehead atoms. The topological polar surface area (TPSA) is 29.3 Å². The molecular formula is C9H24N2P2. The van der Waals surface area contributed by atoms with Crippen molar-refractivity contribution in [1.29, 1.82) is 0 Å². The number of nitrogens with two attached hydrogens (primary N) is 1. The van der Waals surface area contributed by atoms with Crippen molar-refractivity contribution in [2.75, 3.05) is 0 Å². The highest BCUT2D eigenvalue weighted by atomic mass is 31.1. The molecule has 0 aromatic heterocycles. The van der Waals surface area contributed by atoms with Gasteiger partial charge in [-0.25, -0.2) is 0 Å². The van der Waals surface area contributed by atoms with E-state index in [1.54, 1.807) is 0 Å². The van der Waals surface area contributed by atoms with Gasteiger partial charge in [-0.05, 0) is 32.6 Å². The zero-order chi connectivity index (χ0) is 10.9. The third kappa shape index (κ3) is 4.21. The predicted molar refractivity (Wildman–Crippen MR) is 67.4 cm³/mol. The van der Waals surface area contributed by atoms with Crippen LogP contribution in [0.15, 0.2) is 0 Å². The summed E-state index contributed by atoms with van der Waals surface area (Å²) in [7, 11) is 5.39. The van der Waals surface area contributed by atoms with E-state index in [0.717, 1.165) is 6.42 Å². The minimum Gasteiger partial charge on any atom is -0.327 e. The lowest BCUT2D eigenvalue weighted by Gasteiger charge is -2.41. The number of rotatable bonds is 4. The zero-order valence-electron chi connectivity index (χ0n) is 9.46. The van der Waals surface area contributed by atoms with Gasteiger partial charge in [0.1, 0.15) is 0 Å². The lowest BCUT2D eigenvalue weighted by atomic mass is 9.76. The van der Waals surface area contributed by atoms with E-state index in [2.05, 4.69) is 57.8 Å². The Kier molecular flexibility index (Phi) is 4.80. The van der Waals surface area contributed by atoms with E-state index >= 15 is 0 Å². The highest BCUT2D eigenvalue weighted by Crippen LogP contribution is 2.36. The van der Waals surface area contributed by atoms with Gasteiger partial charge in [0.25, 0.3) is 0 Å². The molecule has 0 rings (SSSR count). The molecule has 0 fully saturated rings. The first-order valence-electron chi connectivity index (χ1n) is 4.65. The fourth-order valence-electron chi connectivity index (χ4n) is 1.37. The average Bonchev–Trinajstić information content (AvgIpc) is 1.83. The largest absolute Gasteiger partial charge is 0.327 e. The van der Waals surface area contributed by atoms with Crippen LogP contribution in [0.3, 0.4) is 0 Å². The van der Waals surface area contributed by atoms with Gasteiger partial charge in [0.05, 0.1) is 0 Å². The second-order valence-corrected chi connectivity index (χ2v) is 6.88. The van der Waals surface area contributed by atoms with Crippen LogP contribution < -0.4 is 5.73 Å². The Morgan fingerprint density at radius 2 is 1.62 bits per heavy atom. The molecule has 2 N–H and O–H groups in total. The molecule has 0 radical (unpaired) electrons. The van der Waals surface area contributed by atoms with Crippen molar-refractivity contribution < 1.29 is 0 Å². The molecule has 0 aliphatic heterocycles. The summed E-state index contributed by atoms with van der Waals surface area (Å²) >= 11 is 0. The van der Waals surface area contributed by atoms with Crippen molar-refractivity contribution in [3.05, 3.63) is 0 Å². The van der Waals surface area contributed by atoms with Gasteiger partial charge in [-0.1, -0.05) is 32.6 Å². The second kappa shape index (κ2) is 4.53. The first-order valence-corrected chi connectivity index (χ1v) is 5.68. The van der Waals surface area contributed by atoms with Crippen molar-refractivity contribution in [2.45, 2.75) is 52.6 Å². The van der Waals surface area contributed by atoms with Gasteiger partial charge in [-0.3, -0.25) is 4.44 Å². The molecule has 2 nitrogen and oxygen atoms in total. The smallest absolute Gasteiger partial charge is 0.0224 e. The van der Waals surface area contributed by atoms with E-state index in [0.29, 0.717) is 0 Å². The molecular weight excluding hydrogens is 198 g/mol. The maximum Gasteiger partial charge on any atom is 0.0224 e. The van der Waals surface area contributed by atoms with E-state index in [1.807, 2.05) is 0 Å². The van der Waals surface area contributed by atoms with Crippen molar-refractivity contribution >= 4 is 18.8 Å². The van der Waals surface area contributed by atoms with Gasteiger partial charge < -0.3 is 5.73 Å². The summed E-state index contributed by atoms with van der Waals surface area (Å²) in [5, 5.41) is 0. The summed E-state index contributed by atoms with van der Waals surface area (Å²) in [5.41, 5.74) is 6.27. The molecule has 0 aliphatic rings. The maximum absolute atomic E-state index is 5.95. The third-order valence-electron chi connectivity index (χ3n) is 2.82. The number of hydrogen-bond donors (Lipinski definition) is 1. The Labute approximate surface area is 87.5 Å². The lowest BCUT2D eigenvalue weighted by Crippen LogP contribution is -2.43. The Bertz CT molecular complexity index is 147. The first-order chi connectivity index (χ1) is 5.59. The van der Waals surface area contributed by atoms with E-state index in [-0.39, 0.29) is 17.0 Å². The zero-order valence-corrected chi connectivity index (χ0v) is 11.8. The Morgan fingerprint density at radius 1 is 1.23 bits per heavy atom. The Balaban J connectivity index is 4.42.